The molecule has 0 spiro atoms. The Morgan fingerprint density at radius 3 is 2.84 bits per heavy atom. The third-order valence-electron chi connectivity index (χ3n) is 4.44. The van der Waals surface area contributed by atoms with E-state index < -0.39 is 0 Å². The van der Waals surface area contributed by atoms with E-state index in [1.54, 1.807) is 0 Å². The van der Waals surface area contributed by atoms with Crippen LogP contribution in [0.5, 0.6) is 11.5 Å². The van der Waals surface area contributed by atoms with Gasteiger partial charge in [-0.15, -0.1) is 0 Å². The van der Waals surface area contributed by atoms with Crippen molar-refractivity contribution in [1.29, 1.82) is 0 Å². The van der Waals surface area contributed by atoms with E-state index in [1.807, 2.05) is 12.1 Å². The van der Waals surface area contributed by atoms with Gasteiger partial charge in [0.25, 0.3) is 0 Å². The lowest BCUT2D eigenvalue weighted by atomic mass is 9.94. The molecule has 19 heavy (non-hydrogen) atoms. The van der Waals surface area contributed by atoms with Crippen LogP contribution in [0, 0.1) is 5.92 Å². The molecule has 0 amide bonds. The SMILES string of the molecule is Clc1cc2c(cc1NC1CCN3CCC1C3)OCO2. The first-order chi connectivity index (χ1) is 9.29. The van der Waals surface area contributed by atoms with Gasteiger partial charge in [0.1, 0.15) is 0 Å². The highest BCUT2D eigenvalue weighted by Gasteiger charge is 2.34. The number of benzene rings is 1. The summed E-state index contributed by atoms with van der Waals surface area (Å²) in [7, 11) is 0. The molecule has 3 heterocycles. The van der Waals surface area contributed by atoms with Crippen molar-refractivity contribution in [3.05, 3.63) is 17.2 Å². The van der Waals surface area contributed by atoms with Crippen LogP contribution in [0.2, 0.25) is 5.02 Å². The fourth-order valence-corrected chi connectivity index (χ4v) is 3.58. The maximum absolute atomic E-state index is 6.32. The first-order valence-electron chi connectivity index (χ1n) is 6.87. The number of rotatable bonds is 2. The number of piperidine rings is 1. The highest BCUT2D eigenvalue weighted by Crippen LogP contribution is 2.40. The molecular weight excluding hydrogens is 264 g/mol. The van der Waals surface area contributed by atoms with Gasteiger partial charge in [-0.25, -0.2) is 0 Å². The van der Waals surface area contributed by atoms with Crippen molar-refractivity contribution in [3.8, 4) is 11.5 Å². The molecule has 3 atom stereocenters. The Balaban J connectivity index is 1.56. The van der Waals surface area contributed by atoms with Crippen LogP contribution in [0.4, 0.5) is 5.69 Å². The van der Waals surface area contributed by atoms with Crippen molar-refractivity contribution < 1.29 is 9.47 Å². The third kappa shape index (κ3) is 2.03. The summed E-state index contributed by atoms with van der Waals surface area (Å²) in [4.78, 5) is 2.55. The maximum atomic E-state index is 6.32. The Kier molecular flexibility index (Phi) is 2.74. The minimum atomic E-state index is 0.288. The van der Waals surface area contributed by atoms with Crippen molar-refractivity contribution in [2.24, 2.45) is 5.92 Å². The maximum Gasteiger partial charge on any atom is 0.231 e. The molecule has 1 aromatic rings. The smallest absolute Gasteiger partial charge is 0.231 e. The van der Waals surface area contributed by atoms with Crippen LogP contribution in [0.3, 0.4) is 0 Å². The molecule has 0 aliphatic carbocycles. The van der Waals surface area contributed by atoms with E-state index in [-0.39, 0.29) is 6.79 Å². The minimum absolute atomic E-state index is 0.288. The second kappa shape index (κ2) is 4.46. The quantitative estimate of drug-likeness (QED) is 0.903. The summed E-state index contributed by atoms with van der Waals surface area (Å²) in [6.07, 6.45) is 2.48. The van der Waals surface area contributed by atoms with Crippen molar-refractivity contribution in [1.82, 2.24) is 4.90 Å². The van der Waals surface area contributed by atoms with Crippen LogP contribution in [-0.4, -0.2) is 37.4 Å². The summed E-state index contributed by atoms with van der Waals surface area (Å²) in [5, 5.41) is 4.33. The Morgan fingerprint density at radius 2 is 1.95 bits per heavy atom. The molecule has 3 unspecified atom stereocenters. The largest absolute Gasteiger partial charge is 0.454 e. The van der Waals surface area contributed by atoms with E-state index in [9.17, 15) is 0 Å². The molecule has 3 aliphatic rings. The number of hydrogen-bond acceptors (Lipinski definition) is 4. The average molecular weight is 281 g/mol. The van der Waals surface area contributed by atoms with E-state index in [0.717, 1.165) is 23.1 Å². The molecule has 0 aromatic heterocycles. The van der Waals surface area contributed by atoms with E-state index in [4.69, 9.17) is 21.1 Å². The van der Waals surface area contributed by atoms with Gasteiger partial charge in [0.05, 0.1) is 10.7 Å². The van der Waals surface area contributed by atoms with Gasteiger partial charge in [-0.3, -0.25) is 0 Å². The predicted molar refractivity (Wildman–Crippen MR) is 74.1 cm³/mol. The molecule has 1 N–H and O–H groups in total. The molecule has 0 radical (unpaired) electrons. The molecule has 2 fully saturated rings. The zero-order chi connectivity index (χ0) is 12.8. The van der Waals surface area contributed by atoms with Crippen LogP contribution in [0.1, 0.15) is 12.8 Å². The normalized spacial score (nSPS) is 31.5. The minimum Gasteiger partial charge on any atom is -0.454 e. The summed E-state index contributed by atoms with van der Waals surface area (Å²) in [6, 6.07) is 4.33. The van der Waals surface area contributed by atoms with Crippen LogP contribution in [0.25, 0.3) is 0 Å². The number of halogens is 1. The van der Waals surface area contributed by atoms with Gasteiger partial charge in [0.15, 0.2) is 11.5 Å². The van der Waals surface area contributed by atoms with E-state index in [2.05, 4.69) is 10.2 Å². The zero-order valence-electron chi connectivity index (χ0n) is 10.7. The number of nitrogens with one attached hydrogen (secondary N) is 1. The summed E-state index contributed by atoms with van der Waals surface area (Å²) >= 11 is 6.32. The second-order valence-corrected chi connectivity index (χ2v) is 5.98. The van der Waals surface area contributed by atoms with Gasteiger partial charge in [-0.2, -0.15) is 0 Å². The Labute approximate surface area is 117 Å². The number of hydrogen-bond donors (Lipinski definition) is 1. The lowest BCUT2D eigenvalue weighted by Crippen LogP contribution is -2.39. The van der Waals surface area contributed by atoms with Gasteiger partial charge in [-0.1, -0.05) is 11.6 Å². The molecule has 5 heteroatoms. The lowest BCUT2D eigenvalue weighted by molar-refractivity contribution is 0.174. The summed E-state index contributed by atoms with van der Waals surface area (Å²) in [6.45, 7) is 3.95. The molecule has 4 rings (SSSR count). The third-order valence-corrected chi connectivity index (χ3v) is 4.75. The standard InChI is InChI=1S/C14H17ClN2O2/c15-10-5-13-14(19-8-18-13)6-12(10)16-11-2-4-17-3-1-9(11)7-17/h5-6,9,11,16H,1-4,7-8H2. The van der Waals surface area contributed by atoms with Crippen LogP contribution in [0.15, 0.2) is 12.1 Å². The van der Waals surface area contributed by atoms with Gasteiger partial charge in [0.2, 0.25) is 6.79 Å². The second-order valence-electron chi connectivity index (χ2n) is 5.57. The first-order valence-corrected chi connectivity index (χ1v) is 7.25. The van der Waals surface area contributed by atoms with Crippen molar-refractivity contribution in [3.63, 3.8) is 0 Å². The summed E-state index contributed by atoms with van der Waals surface area (Å²) in [5.41, 5.74) is 0.969. The monoisotopic (exact) mass is 280 g/mol. The van der Waals surface area contributed by atoms with Crippen LogP contribution < -0.4 is 14.8 Å². The van der Waals surface area contributed by atoms with Gasteiger partial charge in [0, 0.05) is 31.3 Å². The molecule has 3 aliphatic heterocycles. The number of anilines is 1. The highest BCUT2D eigenvalue weighted by molar-refractivity contribution is 6.33. The fraction of sp³-hybridized carbons (Fsp3) is 0.571. The van der Waals surface area contributed by atoms with E-state index in [0.29, 0.717) is 11.1 Å². The van der Waals surface area contributed by atoms with Gasteiger partial charge in [-0.05, 0) is 25.3 Å². The topological polar surface area (TPSA) is 33.7 Å². The Morgan fingerprint density at radius 1 is 1.16 bits per heavy atom. The predicted octanol–water partition coefficient (Wildman–Crippen LogP) is 2.57. The van der Waals surface area contributed by atoms with Crippen molar-refractivity contribution in [2.45, 2.75) is 18.9 Å². The van der Waals surface area contributed by atoms with Crippen LogP contribution in [-0.2, 0) is 0 Å². The number of ether oxygens (including phenoxy) is 2. The molecule has 0 saturated carbocycles. The molecular formula is C14H17ClN2O2. The Hall–Kier alpha value is -1.13. The van der Waals surface area contributed by atoms with E-state index >= 15 is 0 Å². The van der Waals surface area contributed by atoms with Crippen molar-refractivity contribution in [2.75, 3.05) is 31.7 Å². The average Bonchev–Trinajstić information content (AvgIpc) is 3.00. The molecule has 2 saturated heterocycles. The number of nitrogens with zero attached hydrogens (tertiary/aromatic N) is 1. The highest BCUT2D eigenvalue weighted by atomic mass is 35.5. The molecule has 2 bridgehead atoms. The van der Waals surface area contributed by atoms with Crippen molar-refractivity contribution >= 4 is 17.3 Å². The van der Waals surface area contributed by atoms with Gasteiger partial charge >= 0.3 is 0 Å². The lowest BCUT2D eigenvalue weighted by Gasteiger charge is -2.32. The van der Waals surface area contributed by atoms with E-state index in [1.165, 1.54) is 32.5 Å². The first kappa shape index (κ1) is 11.7. The molecule has 4 nitrogen and oxygen atoms in total. The molecule has 102 valence electrons. The zero-order valence-corrected chi connectivity index (χ0v) is 11.4. The summed E-state index contributed by atoms with van der Waals surface area (Å²) < 4.78 is 10.7. The molecule has 1 aromatic carbocycles. The fourth-order valence-electron chi connectivity index (χ4n) is 3.37. The van der Waals surface area contributed by atoms with Gasteiger partial charge < -0.3 is 19.7 Å². The Bertz CT molecular complexity index is 508. The number of fused-ring (bicyclic) bond motifs is 3. The van der Waals surface area contributed by atoms with Crippen LogP contribution >= 0.6 is 11.6 Å². The summed E-state index contributed by atoms with van der Waals surface area (Å²) in [5.74, 6) is 2.28.